The molecule has 0 spiro atoms. The molecule has 0 aliphatic rings. The van der Waals surface area contributed by atoms with Gasteiger partial charge in [0.15, 0.2) is 11.6 Å². The van der Waals surface area contributed by atoms with E-state index in [0.717, 1.165) is 0 Å². The smallest absolute Gasteiger partial charge is 0.337 e. The molecule has 2 N–H and O–H groups in total. The van der Waals surface area contributed by atoms with Crippen LogP contribution in [-0.2, 0) is 0 Å². The van der Waals surface area contributed by atoms with Gasteiger partial charge in [-0.05, 0) is 25.1 Å². The maximum absolute atomic E-state index is 13.7. The summed E-state index contributed by atoms with van der Waals surface area (Å²) < 4.78 is 18.8. The number of nitrogens with one attached hydrogen (secondary N) is 1. The molecule has 1 heterocycles. The van der Waals surface area contributed by atoms with E-state index >= 15 is 0 Å². The number of nitrogens with zero attached hydrogens (tertiary/aromatic N) is 1. The van der Waals surface area contributed by atoms with E-state index in [-0.39, 0.29) is 22.2 Å². The van der Waals surface area contributed by atoms with Crippen molar-refractivity contribution in [1.29, 1.82) is 0 Å². The van der Waals surface area contributed by atoms with E-state index in [2.05, 4.69) is 10.3 Å². The monoisotopic (exact) mass is 310 g/mol. The first kappa shape index (κ1) is 15.1. The fourth-order valence-electron chi connectivity index (χ4n) is 1.63. The highest BCUT2D eigenvalue weighted by Gasteiger charge is 2.10. The highest BCUT2D eigenvalue weighted by Crippen LogP contribution is 2.27. The van der Waals surface area contributed by atoms with Gasteiger partial charge < -0.3 is 15.2 Å². The van der Waals surface area contributed by atoms with E-state index in [1.807, 2.05) is 0 Å². The molecule has 0 saturated carbocycles. The van der Waals surface area contributed by atoms with Crippen LogP contribution in [0, 0.1) is 5.82 Å². The lowest BCUT2D eigenvalue weighted by molar-refractivity contribution is 0.0696. The van der Waals surface area contributed by atoms with Gasteiger partial charge in [0.2, 0.25) is 0 Å². The van der Waals surface area contributed by atoms with Crippen molar-refractivity contribution >= 4 is 29.1 Å². The van der Waals surface area contributed by atoms with E-state index < -0.39 is 11.8 Å². The predicted molar refractivity (Wildman–Crippen MR) is 77.1 cm³/mol. The van der Waals surface area contributed by atoms with Crippen LogP contribution in [0.5, 0.6) is 5.75 Å². The first-order valence-electron chi connectivity index (χ1n) is 6.09. The average molecular weight is 311 g/mol. The Morgan fingerprint density at radius 3 is 2.81 bits per heavy atom. The minimum Gasteiger partial charge on any atom is -0.491 e. The summed E-state index contributed by atoms with van der Waals surface area (Å²) in [6.45, 7) is 2.13. The van der Waals surface area contributed by atoms with Gasteiger partial charge in [-0.1, -0.05) is 11.6 Å². The maximum Gasteiger partial charge on any atom is 0.337 e. The summed E-state index contributed by atoms with van der Waals surface area (Å²) in [5, 5.41) is 11.8. The molecule has 0 aliphatic carbocycles. The number of hydrogen-bond donors (Lipinski definition) is 2. The van der Waals surface area contributed by atoms with E-state index in [1.54, 1.807) is 13.0 Å². The lowest BCUT2D eigenvalue weighted by Gasteiger charge is -2.10. The Balaban J connectivity index is 2.22. The molecular weight excluding hydrogens is 299 g/mol. The van der Waals surface area contributed by atoms with Gasteiger partial charge in [-0.15, -0.1) is 0 Å². The molecule has 1 aromatic heterocycles. The number of benzene rings is 1. The number of aromatic carboxylic acids is 1. The van der Waals surface area contributed by atoms with Crippen molar-refractivity contribution in [3.63, 3.8) is 0 Å². The van der Waals surface area contributed by atoms with Crippen LogP contribution >= 0.6 is 11.6 Å². The van der Waals surface area contributed by atoms with Crippen molar-refractivity contribution in [1.82, 2.24) is 4.98 Å². The molecule has 110 valence electrons. The standard InChI is InChI=1S/C14H12ClFN2O3/c1-2-21-12-4-3-9(6-11(12)16)18-13-10(15)5-8(7-17-13)14(19)20/h3-7H,2H2,1H3,(H,17,18)(H,19,20). The van der Waals surface area contributed by atoms with Crippen LogP contribution in [0.4, 0.5) is 15.9 Å². The molecule has 1 aromatic carbocycles. The Labute approximate surface area is 125 Å². The summed E-state index contributed by atoms with van der Waals surface area (Å²) in [6, 6.07) is 5.61. The second-order valence-electron chi connectivity index (χ2n) is 4.06. The number of carboxylic acids is 1. The summed E-state index contributed by atoms with van der Waals surface area (Å²) in [5.41, 5.74) is 0.400. The lowest BCUT2D eigenvalue weighted by Crippen LogP contribution is -2.01. The number of anilines is 2. The zero-order valence-corrected chi connectivity index (χ0v) is 11.8. The summed E-state index contributed by atoms with van der Waals surface area (Å²) >= 11 is 5.94. The van der Waals surface area contributed by atoms with E-state index in [4.69, 9.17) is 21.4 Å². The number of rotatable bonds is 5. The number of aromatic nitrogens is 1. The summed E-state index contributed by atoms with van der Waals surface area (Å²) in [6.07, 6.45) is 1.17. The number of ether oxygens (including phenoxy) is 1. The maximum atomic E-state index is 13.7. The van der Waals surface area contributed by atoms with Crippen molar-refractivity contribution < 1.29 is 19.0 Å². The van der Waals surface area contributed by atoms with Crippen LogP contribution in [0.15, 0.2) is 30.5 Å². The third-order valence-electron chi connectivity index (χ3n) is 2.58. The molecule has 2 rings (SSSR count). The van der Waals surface area contributed by atoms with Gasteiger partial charge in [0.1, 0.15) is 5.82 Å². The van der Waals surface area contributed by atoms with E-state index in [9.17, 15) is 9.18 Å². The van der Waals surface area contributed by atoms with Crippen LogP contribution in [0.3, 0.4) is 0 Å². The molecule has 7 heteroatoms. The van der Waals surface area contributed by atoms with Gasteiger partial charge in [-0.3, -0.25) is 0 Å². The average Bonchev–Trinajstić information content (AvgIpc) is 2.44. The van der Waals surface area contributed by atoms with E-state index in [1.165, 1.54) is 24.4 Å². The van der Waals surface area contributed by atoms with Crippen molar-refractivity contribution in [2.75, 3.05) is 11.9 Å². The molecule has 0 aliphatic heterocycles. The predicted octanol–water partition coefficient (Wildman–Crippen LogP) is 3.71. The Morgan fingerprint density at radius 1 is 1.48 bits per heavy atom. The van der Waals surface area contributed by atoms with Crippen LogP contribution in [0.25, 0.3) is 0 Å². The summed E-state index contributed by atoms with van der Waals surface area (Å²) in [5.74, 6) is -1.24. The van der Waals surface area contributed by atoms with Gasteiger partial charge in [0, 0.05) is 18.0 Å². The lowest BCUT2D eigenvalue weighted by atomic mass is 10.2. The van der Waals surface area contributed by atoms with Crippen molar-refractivity contribution in [2.45, 2.75) is 6.92 Å². The number of hydrogen-bond acceptors (Lipinski definition) is 4. The van der Waals surface area contributed by atoms with Crippen LogP contribution in [0.1, 0.15) is 17.3 Å². The second kappa shape index (κ2) is 6.41. The van der Waals surface area contributed by atoms with Crippen LogP contribution < -0.4 is 10.1 Å². The van der Waals surface area contributed by atoms with Crippen molar-refractivity contribution in [3.8, 4) is 5.75 Å². The first-order chi connectivity index (χ1) is 10.0. The van der Waals surface area contributed by atoms with Gasteiger partial charge in [0.05, 0.1) is 17.2 Å². The quantitative estimate of drug-likeness (QED) is 0.880. The highest BCUT2D eigenvalue weighted by atomic mass is 35.5. The third kappa shape index (κ3) is 3.61. The topological polar surface area (TPSA) is 71.5 Å². The second-order valence-corrected chi connectivity index (χ2v) is 4.47. The minimum absolute atomic E-state index is 0.0246. The minimum atomic E-state index is -1.12. The largest absolute Gasteiger partial charge is 0.491 e. The number of pyridine rings is 1. The molecule has 2 aromatic rings. The SMILES string of the molecule is CCOc1ccc(Nc2ncc(C(=O)O)cc2Cl)cc1F. The summed E-state index contributed by atoms with van der Waals surface area (Å²) in [7, 11) is 0. The van der Waals surface area contributed by atoms with E-state index in [0.29, 0.717) is 12.3 Å². The van der Waals surface area contributed by atoms with Crippen LogP contribution in [-0.4, -0.2) is 22.7 Å². The van der Waals surface area contributed by atoms with Gasteiger partial charge in [-0.25, -0.2) is 14.2 Å². The Kier molecular flexibility index (Phi) is 4.59. The summed E-state index contributed by atoms with van der Waals surface area (Å²) in [4.78, 5) is 14.7. The molecule has 0 atom stereocenters. The Morgan fingerprint density at radius 2 is 2.24 bits per heavy atom. The fourth-order valence-corrected chi connectivity index (χ4v) is 1.85. The third-order valence-corrected chi connectivity index (χ3v) is 2.87. The van der Waals surface area contributed by atoms with Gasteiger partial charge in [-0.2, -0.15) is 0 Å². The van der Waals surface area contributed by atoms with Crippen molar-refractivity contribution in [3.05, 3.63) is 46.9 Å². The number of carboxylic acid groups (broad SMARTS) is 1. The molecular formula is C14H12ClFN2O3. The number of carbonyl (C=O) groups is 1. The molecule has 5 nitrogen and oxygen atoms in total. The van der Waals surface area contributed by atoms with Gasteiger partial charge >= 0.3 is 5.97 Å². The molecule has 0 radical (unpaired) electrons. The Bertz CT molecular complexity index is 679. The molecule has 0 fully saturated rings. The first-order valence-corrected chi connectivity index (χ1v) is 6.47. The normalized spacial score (nSPS) is 10.2. The molecule has 21 heavy (non-hydrogen) atoms. The molecule has 0 saturated heterocycles. The van der Waals surface area contributed by atoms with Crippen molar-refractivity contribution in [2.24, 2.45) is 0 Å². The molecule has 0 unspecified atom stereocenters. The van der Waals surface area contributed by atoms with Crippen LogP contribution in [0.2, 0.25) is 5.02 Å². The highest BCUT2D eigenvalue weighted by molar-refractivity contribution is 6.33. The molecule has 0 bridgehead atoms. The zero-order chi connectivity index (χ0) is 15.4. The fraction of sp³-hybridized carbons (Fsp3) is 0.143. The van der Waals surface area contributed by atoms with Gasteiger partial charge in [0.25, 0.3) is 0 Å². The zero-order valence-electron chi connectivity index (χ0n) is 11.1. The molecule has 0 amide bonds. The Hall–Kier alpha value is -2.34. The number of halogens is 2.